The highest BCUT2D eigenvalue weighted by atomic mass is 32.2. The van der Waals surface area contributed by atoms with Crippen molar-refractivity contribution in [1.82, 2.24) is 9.78 Å². The number of nitrogens with zero attached hydrogens (tertiary/aromatic N) is 3. The predicted octanol–water partition coefficient (Wildman–Crippen LogP) is 3.47. The number of sulfonamides is 1. The Labute approximate surface area is 156 Å². The van der Waals surface area contributed by atoms with Gasteiger partial charge in [0, 0.05) is 12.2 Å². The van der Waals surface area contributed by atoms with Crippen LogP contribution in [0.3, 0.4) is 0 Å². The first kappa shape index (κ1) is 18.3. The molecule has 6 nitrogen and oxygen atoms in total. The standard InChI is InChI=1S/C18H19N3O3S2/c1-4-20(26(23,24)15-8-6-5-7-9-15)16-10-11-25-17(16)18(22)21-14(3)12-13(2)19-21/h5-12H,4H2,1-3H3. The van der Waals surface area contributed by atoms with Gasteiger partial charge in [-0.05, 0) is 50.4 Å². The van der Waals surface area contributed by atoms with Gasteiger partial charge in [0.2, 0.25) is 0 Å². The number of aromatic nitrogens is 2. The van der Waals surface area contributed by atoms with Crippen LogP contribution < -0.4 is 4.31 Å². The summed E-state index contributed by atoms with van der Waals surface area (Å²) >= 11 is 1.21. The number of carbonyl (C=O) groups excluding carboxylic acids is 1. The molecule has 8 heteroatoms. The second-order valence-electron chi connectivity index (χ2n) is 5.76. The SMILES string of the molecule is CCN(c1ccsc1C(=O)n1nc(C)cc1C)S(=O)(=O)c1ccccc1. The van der Waals surface area contributed by atoms with E-state index >= 15 is 0 Å². The summed E-state index contributed by atoms with van der Waals surface area (Å²) in [5, 5.41) is 5.94. The molecule has 0 spiro atoms. The summed E-state index contributed by atoms with van der Waals surface area (Å²) in [6.07, 6.45) is 0. The first-order valence-corrected chi connectivity index (χ1v) is 10.4. The molecule has 3 rings (SSSR count). The number of anilines is 1. The Morgan fingerprint density at radius 2 is 1.88 bits per heavy atom. The van der Waals surface area contributed by atoms with Crippen LogP contribution in [0.15, 0.2) is 52.7 Å². The molecule has 0 aliphatic heterocycles. The third kappa shape index (κ3) is 3.17. The van der Waals surface area contributed by atoms with Gasteiger partial charge >= 0.3 is 0 Å². The minimum Gasteiger partial charge on any atom is -0.266 e. The highest BCUT2D eigenvalue weighted by Crippen LogP contribution is 2.31. The van der Waals surface area contributed by atoms with E-state index in [2.05, 4.69) is 5.10 Å². The van der Waals surface area contributed by atoms with Gasteiger partial charge in [-0.25, -0.2) is 13.1 Å². The Morgan fingerprint density at radius 3 is 2.46 bits per heavy atom. The van der Waals surface area contributed by atoms with Crippen molar-refractivity contribution >= 4 is 33.0 Å². The van der Waals surface area contributed by atoms with Gasteiger partial charge in [0.1, 0.15) is 4.88 Å². The van der Waals surface area contributed by atoms with Crippen molar-refractivity contribution in [3.05, 3.63) is 64.1 Å². The Bertz CT molecular complexity index is 1040. The third-order valence-corrected chi connectivity index (χ3v) is 6.72. The fraction of sp³-hybridized carbons (Fsp3) is 0.222. The Balaban J connectivity index is 2.06. The lowest BCUT2D eigenvalue weighted by Crippen LogP contribution is -2.32. The molecular weight excluding hydrogens is 370 g/mol. The summed E-state index contributed by atoms with van der Waals surface area (Å²) in [5.41, 5.74) is 1.82. The number of carbonyl (C=O) groups is 1. The maximum atomic E-state index is 13.0. The minimum absolute atomic E-state index is 0.192. The zero-order valence-electron chi connectivity index (χ0n) is 14.7. The third-order valence-electron chi connectivity index (χ3n) is 3.93. The van der Waals surface area contributed by atoms with Crippen LogP contribution >= 0.6 is 11.3 Å². The molecular formula is C18H19N3O3S2. The molecule has 0 aliphatic carbocycles. The van der Waals surface area contributed by atoms with Crippen molar-refractivity contribution in [2.45, 2.75) is 25.7 Å². The van der Waals surface area contributed by atoms with Gasteiger partial charge in [0.15, 0.2) is 0 Å². The Morgan fingerprint density at radius 1 is 1.19 bits per heavy atom. The highest BCUT2D eigenvalue weighted by molar-refractivity contribution is 7.92. The summed E-state index contributed by atoms with van der Waals surface area (Å²) in [5.74, 6) is -0.331. The van der Waals surface area contributed by atoms with Gasteiger partial charge in [-0.1, -0.05) is 18.2 Å². The van der Waals surface area contributed by atoms with Crippen molar-refractivity contribution in [3.8, 4) is 0 Å². The van der Waals surface area contributed by atoms with Gasteiger partial charge in [0.05, 0.1) is 16.3 Å². The van der Waals surface area contributed by atoms with Gasteiger partial charge < -0.3 is 0 Å². The summed E-state index contributed by atoms with van der Waals surface area (Å²) in [7, 11) is -3.76. The molecule has 0 saturated carbocycles. The minimum atomic E-state index is -3.76. The van der Waals surface area contributed by atoms with Crippen molar-refractivity contribution in [2.75, 3.05) is 10.8 Å². The lowest BCUT2D eigenvalue weighted by molar-refractivity contribution is 0.0947. The quantitative estimate of drug-likeness (QED) is 0.670. The number of aryl methyl sites for hydroxylation is 2. The van der Waals surface area contributed by atoms with Gasteiger partial charge in [-0.15, -0.1) is 11.3 Å². The van der Waals surface area contributed by atoms with E-state index in [1.165, 1.54) is 20.3 Å². The van der Waals surface area contributed by atoms with Crippen LogP contribution in [0.2, 0.25) is 0 Å². The molecule has 0 radical (unpaired) electrons. The average molecular weight is 390 g/mol. The Kier molecular flexibility index (Phi) is 4.97. The molecule has 0 unspecified atom stereocenters. The fourth-order valence-electron chi connectivity index (χ4n) is 2.78. The monoisotopic (exact) mass is 389 g/mol. The molecule has 2 heterocycles. The Hall–Kier alpha value is -2.45. The molecule has 0 aliphatic rings. The number of rotatable bonds is 5. The topological polar surface area (TPSA) is 72.3 Å². The van der Waals surface area contributed by atoms with Gasteiger partial charge in [-0.2, -0.15) is 5.10 Å². The predicted molar refractivity (Wildman–Crippen MR) is 102 cm³/mol. The zero-order chi connectivity index (χ0) is 18.9. The van der Waals surface area contributed by atoms with E-state index in [-0.39, 0.29) is 17.3 Å². The molecule has 26 heavy (non-hydrogen) atoms. The molecule has 0 fully saturated rings. The van der Waals surface area contributed by atoms with E-state index in [0.29, 0.717) is 16.3 Å². The van der Waals surface area contributed by atoms with Crippen molar-refractivity contribution in [3.63, 3.8) is 0 Å². The van der Waals surface area contributed by atoms with Crippen molar-refractivity contribution in [1.29, 1.82) is 0 Å². The fourth-order valence-corrected chi connectivity index (χ4v) is 5.16. The molecule has 1 aromatic carbocycles. The smallest absolute Gasteiger partial charge is 0.266 e. The van der Waals surface area contributed by atoms with Crippen LogP contribution in [0.5, 0.6) is 0 Å². The molecule has 0 saturated heterocycles. The van der Waals surface area contributed by atoms with Crippen LogP contribution in [-0.4, -0.2) is 30.7 Å². The van der Waals surface area contributed by atoms with E-state index in [1.807, 2.05) is 13.0 Å². The van der Waals surface area contributed by atoms with E-state index < -0.39 is 10.0 Å². The maximum absolute atomic E-state index is 13.0. The van der Waals surface area contributed by atoms with E-state index in [9.17, 15) is 13.2 Å². The van der Waals surface area contributed by atoms with Crippen LogP contribution in [0.1, 0.15) is 28.0 Å². The second-order valence-corrected chi connectivity index (χ2v) is 8.54. The molecule has 2 aromatic heterocycles. The first-order valence-electron chi connectivity index (χ1n) is 8.09. The van der Waals surface area contributed by atoms with Crippen molar-refractivity contribution in [2.24, 2.45) is 0 Å². The van der Waals surface area contributed by atoms with Gasteiger partial charge in [-0.3, -0.25) is 9.10 Å². The van der Waals surface area contributed by atoms with Crippen LogP contribution in [0, 0.1) is 13.8 Å². The van der Waals surface area contributed by atoms with E-state index in [4.69, 9.17) is 0 Å². The maximum Gasteiger partial charge on any atom is 0.290 e. The van der Waals surface area contributed by atoms with Crippen molar-refractivity contribution < 1.29 is 13.2 Å². The summed E-state index contributed by atoms with van der Waals surface area (Å²) in [6.45, 7) is 5.56. The van der Waals surface area contributed by atoms with Crippen LogP contribution in [0.25, 0.3) is 0 Å². The van der Waals surface area contributed by atoms with Crippen LogP contribution in [0.4, 0.5) is 5.69 Å². The molecule has 136 valence electrons. The number of hydrogen-bond donors (Lipinski definition) is 0. The summed E-state index contributed by atoms with van der Waals surface area (Å²) in [6, 6.07) is 11.7. The molecule has 0 N–H and O–H groups in total. The number of benzene rings is 1. The summed E-state index contributed by atoms with van der Waals surface area (Å²) < 4.78 is 28.7. The number of thiophene rings is 1. The normalized spacial score (nSPS) is 11.5. The highest BCUT2D eigenvalue weighted by Gasteiger charge is 2.29. The van der Waals surface area contributed by atoms with E-state index in [0.717, 1.165) is 5.69 Å². The lowest BCUT2D eigenvalue weighted by Gasteiger charge is -2.23. The lowest BCUT2D eigenvalue weighted by atomic mass is 10.3. The van der Waals surface area contributed by atoms with Gasteiger partial charge in [0.25, 0.3) is 15.9 Å². The summed E-state index contributed by atoms with van der Waals surface area (Å²) in [4.78, 5) is 13.5. The van der Waals surface area contributed by atoms with Crippen LogP contribution in [-0.2, 0) is 10.0 Å². The zero-order valence-corrected chi connectivity index (χ0v) is 16.3. The first-order chi connectivity index (χ1) is 12.4. The molecule has 0 amide bonds. The second kappa shape index (κ2) is 7.05. The average Bonchev–Trinajstić information content (AvgIpc) is 3.22. The molecule has 3 aromatic rings. The van der Waals surface area contributed by atoms with E-state index in [1.54, 1.807) is 55.6 Å². The molecule has 0 atom stereocenters. The molecule has 0 bridgehead atoms. The largest absolute Gasteiger partial charge is 0.290 e. The number of hydrogen-bond acceptors (Lipinski definition) is 5.